The Labute approximate surface area is 179 Å². The van der Waals surface area contributed by atoms with Gasteiger partial charge in [0.2, 0.25) is 5.91 Å². The maximum absolute atomic E-state index is 13.4. The first-order chi connectivity index (χ1) is 14.6. The van der Waals surface area contributed by atoms with Crippen LogP contribution >= 0.6 is 0 Å². The summed E-state index contributed by atoms with van der Waals surface area (Å²) < 4.78 is 2.31. The number of hydrogen-bond donors (Lipinski definition) is 0. The zero-order chi connectivity index (χ0) is 20.7. The van der Waals surface area contributed by atoms with Crippen LogP contribution in [0.1, 0.15) is 42.7 Å². The first-order valence-corrected chi connectivity index (χ1v) is 11.3. The summed E-state index contributed by atoms with van der Waals surface area (Å²) in [5.41, 5.74) is 6.53. The van der Waals surface area contributed by atoms with E-state index in [4.69, 9.17) is 0 Å². The van der Waals surface area contributed by atoms with E-state index in [0.29, 0.717) is 19.0 Å². The number of carbonyl (C=O) groups excluding carboxylic acids is 1. The number of carbonyl (C=O) groups is 1. The summed E-state index contributed by atoms with van der Waals surface area (Å²) in [7, 11) is 4.13. The molecule has 1 fully saturated rings. The van der Waals surface area contributed by atoms with Gasteiger partial charge in [-0.3, -0.25) is 4.79 Å². The monoisotopic (exact) mass is 401 g/mol. The summed E-state index contributed by atoms with van der Waals surface area (Å²) >= 11 is 0. The molecule has 0 saturated heterocycles. The molecule has 1 aliphatic carbocycles. The molecule has 0 N–H and O–H groups in total. The Morgan fingerprint density at radius 2 is 1.70 bits per heavy atom. The Kier molecular flexibility index (Phi) is 5.11. The van der Waals surface area contributed by atoms with Crippen molar-refractivity contribution in [1.29, 1.82) is 0 Å². The third-order valence-electron chi connectivity index (χ3n) is 6.87. The molecule has 0 atom stereocenters. The van der Waals surface area contributed by atoms with E-state index in [2.05, 4.69) is 72.1 Å². The van der Waals surface area contributed by atoms with Gasteiger partial charge in [-0.05, 0) is 50.0 Å². The first-order valence-electron chi connectivity index (χ1n) is 11.3. The second kappa shape index (κ2) is 7.92. The molecule has 1 aliphatic heterocycles. The summed E-state index contributed by atoms with van der Waals surface area (Å²) in [4.78, 5) is 17.6. The molecule has 2 aromatic carbocycles. The van der Waals surface area contributed by atoms with Gasteiger partial charge in [0.05, 0.1) is 5.69 Å². The van der Waals surface area contributed by atoms with Crippen molar-refractivity contribution in [2.45, 2.75) is 44.7 Å². The topological polar surface area (TPSA) is 28.5 Å². The lowest BCUT2D eigenvalue weighted by atomic mass is 9.90. The number of nitrogens with zero attached hydrogens (tertiary/aromatic N) is 3. The lowest BCUT2D eigenvalue weighted by Gasteiger charge is -2.29. The molecule has 0 bridgehead atoms. The van der Waals surface area contributed by atoms with Crippen molar-refractivity contribution in [3.8, 4) is 11.3 Å². The van der Waals surface area contributed by atoms with Crippen LogP contribution in [0.2, 0.25) is 0 Å². The lowest BCUT2D eigenvalue weighted by Crippen LogP contribution is -2.39. The van der Waals surface area contributed by atoms with Crippen molar-refractivity contribution in [3.05, 3.63) is 59.7 Å². The molecule has 1 saturated carbocycles. The number of hydrogen-bond acceptors (Lipinski definition) is 2. The highest BCUT2D eigenvalue weighted by molar-refractivity contribution is 5.95. The molecule has 1 amide bonds. The van der Waals surface area contributed by atoms with Crippen molar-refractivity contribution in [2.75, 3.05) is 27.2 Å². The maximum Gasteiger partial charge on any atom is 0.242 e. The largest absolute Gasteiger partial charge is 0.336 e. The van der Waals surface area contributed by atoms with Gasteiger partial charge in [-0.15, -0.1) is 0 Å². The van der Waals surface area contributed by atoms with Gasteiger partial charge in [-0.25, -0.2) is 0 Å². The molecule has 5 rings (SSSR count). The Hall–Kier alpha value is -2.59. The van der Waals surface area contributed by atoms with Crippen LogP contribution in [-0.4, -0.2) is 47.5 Å². The molecule has 2 heterocycles. The molecular formula is C26H31N3O. The Morgan fingerprint density at radius 1 is 0.967 bits per heavy atom. The molecule has 3 aromatic rings. The van der Waals surface area contributed by atoms with Gasteiger partial charge >= 0.3 is 0 Å². The van der Waals surface area contributed by atoms with Crippen LogP contribution in [-0.2, 0) is 17.9 Å². The van der Waals surface area contributed by atoms with E-state index in [9.17, 15) is 4.79 Å². The van der Waals surface area contributed by atoms with Crippen molar-refractivity contribution in [2.24, 2.45) is 0 Å². The molecule has 30 heavy (non-hydrogen) atoms. The predicted molar refractivity (Wildman–Crippen MR) is 123 cm³/mol. The van der Waals surface area contributed by atoms with Gasteiger partial charge in [-0.1, -0.05) is 55.3 Å². The molecule has 4 nitrogen and oxygen atoms in total. The number of aromatic nitrogens is 1. The number of likely N-dealkylation sites (N-methyl/N-ethyl adjacent to an activating group) is 1. The molecule has 2 aliphatic rings. The van der Waals surface area contributed by atoms with E-state index in [1.54, 1.807) is 0 Å². The van der Waals surface area contributed by atoms with Gasteiger partial charge in [0.25, 0.3) is 0 Å². The second-order valence-corrected chi connectivity index (χ2v) is 9.12. The summed E-state index contributed by atoms with van der Waals surface area (Å²) in [6, 6.07) is 17.4. The van der Waals surface area contributed by atoms with Crippen molar-refractivity contribution < 1.29 is 4.79 Å². The quantitative estimate of drug-likeness (QED) is 0.624. The number of benzene rings is 2. The third kappa shape index (κ3) is 3.33. The van der Waals surface area contributed by atoms with E-state index >= 15 is 0 Å². The van der Waals surface area contributed by atoms with E-state index in [0.717, 1.165) is 13.1 Å². The molecular weight excluding hydrogens is 370 g/mol. The Balaban J connectivity index is 1.72. The van der Waals surface area contributed by atoms with Gasteiger partial charge in [-0.2, -0.15) is 0 Å². The number of para-hydroxylation sites is 1. The van der Waals surface area contributed by atoms with E-state index in [1.165, 1.54) is 59.0 Å². The van der Waals surface area contributed by atoms with Crippen molar-refractivity contribution in [3.63, 3.8) is 0 Å². The molecule has 0 radical (unpaired) electrons. The van der Waals surface area contributed by atoms with Crippen LogP contribution in [0.15, 0.2) is 48.5 Å². The Bertz CT molecular complexity index is 1080. The van der Waals surface area contributed by atoms with Gasteiger partial charge in [0.15, 0.2) is 0 Å². The normalized spacial score (nSPS) is 17.3. The second-order valence-electron chi connectivity index (χ2n) is 9.12. The van der Waals surface area contributed by atoms with Crippen LogP contribution in [0.4, 0.5) is 0 Å². The highest BCUT2D eigenvalue weighted by atomic mass is 16.2. The van der Waals surface area contributed by atoms with Crippen molar-refractivity contribution in [1.82, 2.24) is 14.4 Å². The molecule has 0 unspecified atom stereocenters. The van der Waals surface area contributed by atoms with E-state index in [1.807, 2.05) is 4.90 Å². The van der Waals surface area contributed by atoms with E-state index in [-0.39, 0.29) is 5.91 Å². The summed E-state index contributed by atoms with van der Waals surface area (Å²) in [5, 5.41) is 1.34. The summed E-state index contributed by atoms with van der Waals surface area (Å²) in [6.45, 7) is 2.74. The first kappa shape index (κ1) is 19.4. The fourth-order valence-corrected chi connectivity index (χ4v) is 5.36. The minimum atomic E-state index is 0.214. The standard InChI is InChI=1S/C26H31N3O/c1-27(2)15-16-28-17-20-11-5-6-12-21(20)26-25(19-9-3-4-10-19)22-13-7-8-14-23(22)29(26)18-24(28)30/h5-8,11-14,19H,3-4,9-10,15-18H2,1-2H3. The number of amides is 1. The highest BCUT2D eigenvalue weighted by Gasteiger charge is 2.31. The minimum Gasteiger partial charge on any atom is -0.336 e. The van der Waals surface area contributed by atoms with Gasteiger partial charge in [0.1, 0.15) is 6.54 Å². The van der Waals surface area contributed by atoms with Gasteiger partial charge in [0, 0.05) is 36.1 Å². The highest BCUT2D eigenvalue weighted by Crippen LogP contribution is 2.46. The fourth-order valence-electron chi connectivity index (χ4n) is 5.36. The molecule has 156 valence electrons. The number of rotatable bonds is 4. The average molecular weight is 402 g/mol. The van der Waals surface area contributed by atoms with Crippen LogP contribution in [0.5, 0.6) is 0 Å². The van der Waals surface area contributed by atoms with Crippen LogP contribution in [0.3, 0.4) is 0 Å². The zero-order valence-electron chi connectivity index (χ0n) is 18.1. The minimum absolute atomic E-state index is 0.214. The molecule has 0 spiro atoms. The van der Waals surface area contributed by atoms with Crippen LogP contribution in [0, 0.1) is 0 Å². The lowest BCUT2D eigenvalue weighted by molar-refractivity contribution is -0.132. The number of fused-ring (bicyclic) bond motifs is 5. The molecule has 4 heteroatoms. The van der Waals surface area contributed by atoms with Crippen molar-refractivity contribution >= 4 is 16.8 Å². The SMILES string of the molecule is CN(C)CCN1Cc2ccccc2-c2c(C3CCCC3)c3ccccc3n2CC1=O. The summed E-state index contributed by atoms with van der Waals surface area (Å²) in [6.07, 6.45) is 5.13. The predicted octanol–water partition coefficient (Wildman–Crippen LogP) is 4.87. The third-order valence-corrected chi connectivity index (χ3v) is 6.87. The van der Waals surface area contributed by atoms with E-state index < -0.39 is 0 Å². The smallest absolute Gasteiger partial charge is 0.242 e. The Morgan fingerprint density at radius 3 is 2.50 bits per heavy atom. The van der Waals surface area contributed by atoms with Crippen LogP contribution < -0.4 is 0 Å². The van der Waals surface area contributed by atoms with Crippen LogP contribution in [0.25, 0.3) is 22.2 Å². The summed E-state index contributed by atoms with van der Waals surface area (Å²) in [5.74, 6) is 0.810. The maximum atomic E-state index is 13.4. The van der Waals surface area contributed by atoms with Gasteiger partial charge < -0.3 is 14.4 Å². The zero-order valence-corrected chi connectivity index (χ0v) is 18.1. The average Bonchev–Trinajstić information content (AvgIpc) is 3.36. The molecule has 1 aromatic heterocycles. The fraction of sp³-hybridized carbons (Fsp3) is 0.423.